The Morgan fingerprint density at radius 3 is 2.83 bits per heavy atom. The second kappa shape index (κ2) is 9.53. The maximum Gasteiger partial charge on any atom is 0.191 e. The van der Waals surface area contributed by atoms with Crippen molar-refractivity contribution in [3.63, 3.8) is 0 Å². The van der Waals surface area contributed by atoms with Crippen molar-refractivity contribution in [2.45, 2.75) is 19.9 Å². The first kappa shape index (κ1) is 17.8. The molecule has 0 saturated carbocycles. The van der Waals surface area contributed by atoms with E-state index in [-0.39, 0.29) is 0 Å². The normalized spacial score (nSPS) is 17.8. The molecule has 2 rings (SSSR count). The van der Waals surface area contributed by atoms with E-state index in [1.54, 1.807) is 0 Å². The number of rotatable bonds is 5. The van der Waals surface area contributed by atoms with Crippen LogP contribution < -0.4 is 10.6 Å². The number of aryl methyl sites for hydroxylation is 1. The van der Waals surface area contributed by atoms with Crippen LogP contribution in [-0.4, -0.2) is 69.1 Å². The molecule has 1 fully saturated rings. The van der Waals surface area contributed by atoms with E-state index in [1.165, 1.54) is 37.2 Å². The van der Waals surface area contributed by atoms with Crippen molar-refractivity contribution < 1.29 is 0 Å². The molecule has 1 aliphatic rings. The van der Waals surface area contributed by atoms with Crippen molar-refractivity contribution in [3.05, 3.63) is 35.4 Å². The monoisotopic (exact) mass is 317 g/mol. The summed E-state index contributed by atoms with van der Waals surface area (Å²) in [6, 6.07) is 8.56. The Bertz CT molecular complexity index is 500. The Balaban J connectivity index is 1.68. The van der Waals surface area contributed by atoms with Gasteiger partial charge in [-0.25, -0.2) is 0 Å². The molecule has 0 bridgehead atoms. The van der Waals surface area contributed by atoms with Crippen LogP contribution in [0.2, 0.25) is 0 Å². The summed E-state index contributed by atoms with van der Waals surface area (Å²) in [6.07, 6.45) is 1.26. The maximum absolute atomic E-state index is 4.31. The number of benzene rings is 1. The average Bonchev–Trinajstić information content (AvgIpc) is 2.75. The molecule has 2 N–H and O–H groups in total. The molecule has 128 valence electrons. The predicted octanol–water partition coefficient (Wildman–Crippen LogP) is 1.30. The van der Waals surface area contributed by atoms with Crippen molar-refractivity contribution >= 4 is 5.96 Å². The van der Waals surface area contributed by atoms with E-state index >= 15 is 0 Å². The molecule has 0 amide bonds. The zero-order valence-corrected chi connectivity index (χ0v) is 14.8. The van der Waals surface area contributed by atoms with Gasteiger partial charge in [-0.2, -0.15) is 0 Å². The number of nitrogens with one attached hydrogen (secondary N) is 2. The summed E-state index contributed by atoms with van der Waals surface area (Å²) in [6.45, 7) is 9.65. The van der Waals surface area contributed by atoms with Gasteiger partial charge in [0.25, 0.3) is 0 Å². The molecule has 1 aromatic carbocycles. The fourth-order valence-electron chi connectivity index (χ4n) is 2.88. The summed E-state index contributed by atoms with van der Waals surface area (Å²) >= 11 is 0. The SMILES string of the molecule is CN=C(NCCN1CCCN(C)CC1)NCc1cccc(C)c1. The lowest BCUT2D eigenvalue weighted by Gasteiger charge is -2.21. The van der Waals surface area contributed by atoms with Crippen LogP contribution in [0.15, 0.2) is 29.3 Å². The number of hydrogen-bond acceptors (Lipinski definition) is 3. The van der Waals surface area contributed by atoms with Crippen molar-refractivity contribution in [3.8, 4) is 0 Å². The summed E-state index contributed by atoms with van der Waals surface area (Å²) < 4.78 is 0. The average molecular weight is 317 g/mol. The third-order valence-corrected chi connectivity index (χ3v) is 4.30. The molecular weight excluding hydrogens is 286 g/mol. The smallest absolute Gasteiger partial charge is 0.191 e. The Hall–Kier alpha value is -1.59. The highest BCUT2D eigenvalue weighted by Gasteiger charge is 2.11. The molecule has 0 aliphatic carbocycles. The topological polar surface area (TPSA) is 42.9 Å². The van der Waals surface area contributed by atoms with Gasteiger partial charge in [0.2, 0.25) is 0 Å². The summed E-state index contributed by atoms with van der Waals surface area (Å²) in [4.78, 5) is 9.25. The van der Waals surface area contributed by atoms with Gasteiger partial charge in [0.15, 0.2) is 5.96 Å². The first-order chi connectivity index (χ1) is 11.2. The molecule has 0 radical (unpaired) electrons. The molecule has 1 aliphatic heterocycles. The van der Waals surface area contributed by atoms with E-state index in [4.69, 9.17) is 0 Å². The second-order valence-corrected chi connectivity index (χ2v) is 6.34. The van der Waals surface area contributed by atoms with E-state index in [1.807, 2.05) is 7.05 Å². The van der Waals surface area contributed by atoms with Gasteiger partial charge in [-0.05, 0) is 39.0 Å². The second-order valence-electron chi connectivity index (χ2n) is 6.34. The lowest BCUT2D eigenvalue weighted by atomic mass is 10.1. The molecule has 1 aromatic rings. The lowest BCUT2D eigenvalue weighted by molar-refractivity contribution is 0.280. The number of likely N-dealkylation sites (N-methyl/N-ethyl adjacent to an activating group) is 1. The van der Waals surface area contributed by atoms with Gasteiger partial charge >= 0.3 is 0 Å². The van der Waals surface area contributed by atoms with Crippen LogP contribution in [-0.2, 0) is 6.54 Å². The van der Waals surface area contributed by atoms with E-state index in [9.17, 15) is 0 Å². The molecule has 1 heterocycles. The van der Waals surface area contributed by atoms with Gasteiger partial charge in [-0.1, -0.05) is 29.8 Å². The number of hydrogen-bond donors (Lipinski definition) is 2. The number of guanidine groups is 1. The Kier molecular flexibility index (Phi) is 7.36. The Labute approximate surface area is 140 Å². The highest BCUT2D eigenvalue weighted by atomic mass is 15.2. The molecule has 23 heavy (non-hydrogen) atoms. The fraction of sp³-hybridized carbons (Fsp3) is 0.611. The minimum Gasteiger partial charge on any atom is -0.355 e. The van der Waals surface area contributed by atoms with Crippen LogP contribution in [0.4, 0.5) is 0 Å². The molecule has 5 nitrogen and oxygen atoms in total. The van der Waals surface area contributed by atoms with E-state index in [0.29, 0.717) is 0 Å². The first-order valence-corrected chi connectivity index (χ1v) is 8.58. The van der Waals surface area contributed by atoms with Crippen molar-refractivity contribution in [2.75, 3.05) is 53.4 Å². The van der Waals surface area contributed by atoms with Crippen LogP contribution in [0, 0.1) is 6.92 Å². The molecule has 5 heteroatoms. The maximum atomic E-state index is 4.31. The molecule has 0 spiro atoms. The summed E-state index contributed by atoms with van der Waals surface area (Å²) in [5.41, 5.74) is 2.57. The van der Waals surface area contributed by atoms with Crippen LogP contribution in [0.5, 0.6) is 0 Å². The third-order valence-electron chi connectivity index (χ3n) is 4.30. The van der Waals surface area contributed by atoms with Gasteiger partial charge in [-0.15, -0.1) is 0 Å². The van der Waals surface area contributed by atoms with Crippen LogP contribution >= 0.6 is 0 Å². The quantitative estimate of drug-likeness (QED) is 0.634. The third kappa shape index (κ3) is 6.59. The molecule has 0 unspecified atom stereocenters. The van der Waals surface area contributed by atoms with Gasteiger partial charge in [-0.3, -0.25) is 4.99 Å². The fourth-order valence-corrected chi connectivity index (χ4v) is 2.88. The van der Waals surface area contributed by atoms with E-state index in [0.717, 1.165) is 32.1 Å². The zero-order chi connectivity index (χ0) is 16.5. The van der Waals surface area contributed by atoms with Crippen molar-refractivity contribution in [1.29, 1.82) is 0 Å². The van der Waals surface area contributed by atoms with Gasteiger partial charge < -0.3 is 20.4 Å². The molecule has 0 atom stereocenters. The molecule has 1 saturated heterocycles. The highest BCUT2D eigenvalue weighted by Crippen LogP contribution is 2.03. The first-order valence-electron chi connectivity index (χ1n) is 8.58. The van der Waals surface area contributed by atoms with Crippen molar-refractivity contribution in [2.24, 2.45) is 4.99 Å². The largest absolute Gasteiger partial charge is 0.355 e. The van der Waals surface area contributed by atoms with Gasteiger partial charge in [0, 0.05) is 39.8 Å². The summed E-state index contributed by atoms with van der Waals surface area (Å²) in [5.74, 6) is 0.874. The summed E-state index contributed by atoms with van der Waals surface area (Å²) in [7, 11) is 4.03. The van der Waals surface area contributed by atoms with Gasteiger partial charge in [0.05, 0.1) is 0 Å². The number of nitrogens with zero attached hydrogens (tertiary/aromatic N) is 3. The van der Waals surface area contributed by atoms with E-state index < -0.39 is 0 Å². The zero-order valence-electron chi connectivity index (χ0n) is 14.8. The molecule has 0 aromatic heterocycles. The Morgan fingerprint density at radius 1 is 1.17 bits per heavy atom. The minimum absolute atomic E-state index is 0.801. The predicted molar refractivity (Wildman–Crippen MR) is 97.9 cm³/mol. The van der Waals surface area contributed by atoms with E-state index in [2.05, 4.69) is 63.7 Å². The highest BCUT2D eigenvalue weighted by molar-refractivity contribution is 5.79. The van der Waals surface area contributed by atoms with Gasteiger partial charge in [0.1, 0.15) is 0 Å². The summed E-state index contributed by atoms with van der Waals surface area (Å²) in [5, 5.41) is 6.80. The van der Waals surface area contributed by atoms with Crippen molar-refractivity contribution in [1.82, 2.24) is 20.4 Å². The lowest BCUT2D eigenvalue weighted by Crippen LogP contribution is -2.42. The number of aliphatic imine (C=N–C) groups is 1. The van der Waals surface area contributed by atoms with Crippen LogP contribution in [0.1, 0.15) is 17.5 Å². The van der Waals surface area contributed by atoms with Crippen LogP contribution in [0.3, 0.4) is 0 Å². The molecular formula is C18H31N5. The Morgan fingerprint density at radius 2 is 2.04 bits per heavy atom. The minimum atomic E-state index is 0.801. The van der Waals surface area contributed by atoms with Crippen LogP contribution in [0.25, 0.3) is 0 Å². The standard InChI is InChI=1S/C18H31N5/c1-16-6-4-7-17(14-16)15-21-18(19-2)20-8-11-23-10-5-9-22(3)12-13-23/h4,6-7,14H,5,8-13,15H2,1-3H3,(H2,19,20,21).